The molecule has 1 saturated carbocycles. The van der Waals surface area contributed by atoms with Crippen molar-refractivity contribution in [2.75, 3.05) is 18.1 Å². The summed E-state index contributed by atoms with van der Waals surface area (Å²) in [6.07, 6.45) is 6.23. The summed E-state index contributed by atoms with van der Waals surface area (Å²) in [5.74, 6) is 1.77. The lowest BCUT2D eigenvalue weighted by atomic mass is 9.89. The van der Waals surface area contributed by atoms with Crippen molar-refractivity contribution in [3.63, 3.8) is 0 Å². The van der Waals surface area contributed by atoms with Gasteiger partial charge in [0, 0.05) is 24.3 Å². The molecule has 1 amide bonds. The summed E-state index contributed by atoms with van der Waals surface area (Å²) in [4.78, 5) is 20.4. The zero-order valence-corrected chi connectivity index (χ0v) is 24.7. The lowest BCUT2D eigenvalue weighted by Gasteiger charge is -2.34. The molecule has 1 aliphatic carbocycles. The van der Waals surface area contributed by atoms with E-state index in [1.54, 1.807) is 41.2 Å². The van der Waals surface area contributed by atoms with Crippen LogP contribution in [0.5, 0.6) is 5.88 Å². The number of carbonyl (C=O) groups is 1. The van der Waals surface area contributed by atoms with Gasteiger partial charge in [-0.05, 0) is 81.0 Å². The Bertz CT molecular complexity index is 1480. The normalized spacial score (nSPS) is 19.6. The average Bonchev–Trinajstić information content (AvgIpc) is 3.45. The van der Waals surface area contributed by atoms with Crippen LogP contribution in [0.25, 0.3) is 5.82 Å². The van der Waals surface area contributed by atoms with Gasteiger partial charge in [0.1, 0.15) is 5.82 Å². The fraction of sp³-hybridized carbons (Fsp3) is 0.500. The molecule has 0 bridgehead atoms. The van der Waals surface area contributed by atoms with Crippen LogP contribution in [0.4, 0.5) is 5.82 Å². The van der Waals surface area contributed by atoms with Crippen LogP contribution >= 0.6 is 0 Å². The van der Waals surface area contributed by atoms with Gasteiger partial charge in [-0.1, -0.05) is 39.0 Å². The van der Waals surface area contributed by atoms with E-state index in [1.165, 1.54) is 25.0 Å². The van der Waals surface area contributed by atoms with Crippen LogP contribution in [0.1, 0.15) is 70.7 Å². The van der Waals surface area contributed by atoms with Gasteiger partial charge >= 0.3 is 0 Å². The van der Waals surface area contributed by atoms with Crippen molar-refractivity contribution in [1.82, 2.24) is 19.5 Å². The fourth-order valence-electron chi connectivity index (χ4n) is 5.89. The van der Waals surface area contributed by atoms with E-state index in [4.69, 9.17) is 9.72 Å². The SMILES string of the molecule is CC(C)C1(CCOc2ccn(-c3ccc(C(=O)NS(=O)(=O)c4ccccc4)c(N4C[C@@H](C)CC4(C)C)n3)n2)CC1. The van der Waals surface area contributed by atoms with E-state index in [1.807, 2.05) is 6.07 Å². The molecule has 1 atom stereocenters. The summed E-state index contributed by atoms with van der Waals surface area (Å²) in [6, 6.07) is 13.0. The Labute approximate surface area is 237 Å². The van der Waals surface area contributed by atoms with Gasteiger partial charge in [0.25, 0.3) is 15.9 Å². The largest absolute Gasteiger partial charge is 0.477 e. The van der Waals surface area contributed by atoms with E-state index in [0.717, 1.165) is 12.8 Å². The third-order valence-corrected chi connectivity index (χ3v) is 9.83. The molecule has 5 rings (SSSR count). The highest BCUT2D eigenvalue weighted by Gasteiger charge is 2.44. The van der Waals surface area contributed by atoms with Gasteiger partial charge in [-0.2, -0.15) is 0 Å². The monoisotopic (exact) mass is 565 g/mol. The average molecular weight is 566 g/mol. The molecule has 2 fully saturated rings. The van der Waals surface area contributed by atoms with E-state index in [0.29, 0.717) is 47.9 Å². The first-order valence-electron chi connectivity index (χ1n) is 14.0. The predicted molar refractivity (Wildman–Crippen MR) is 154 cm³/mol. The number of hydrogen-bond acceptors (Lipinski definition) is 7. The van der Waals surface area contributed by atoms with Gasteiger partial charge in [-0.3, -0.25) is 4.79 Å². The van der Waals surface area contributed by atoms with Crippen molar-refractivity contribution < 1.29 is 17.9 Å². The minimum absolute atomic E-state index is 0.0228. The Hall–Kier alpha value is -3.40. The predicted octanol–water partition coefficient (Wildman–Crippen LogP) is 5.22. The van der Waals surface area contributed by atoms with Crippen LogP contribution in [-0.2, 0) is 10.0 Å². The molecule has 1 aromatic carbocycles. The Kier molecular flexibility index (Phi) is 7.41. The van der Waals surface area contributed by atoms with Crippen LogP contribution in [0.2, 0.25) is 0 Å². The summed E-state index contributed by atoms with van der Waals surface area (Å²) >= 11 is 0. The number of sulfonamides is 1. The molecule has 2 aliphatic rings. The van der Waals surface area contributed by atoms with Gasteiger partial charge in [0.05, 0.1) is 17.1 Å². The third kappa shape index (κ3) is 5.73. The lowest BCUT2D eigenvalue weighted by Crippen LogP contribution is -2.41. The highest BCUT2D eigenvalue weighted by Crippen LogP contribution is 2.54. The molecule has 2 aromatic heterocycles. The minimum Gasteiger partial charge on any atom is -0.477 e. The number of anilines is 1. The molecule has 1 N–H and O–H groups in total. The Balaban J connectivity index is 1.41. The number of ether oxygens (including phenoxy) is 1. The molecule has 1 aliphatic heterocycles. The van der Waals surface area contributed by atoms with Crippen molar-refractivity contribution in [3.05, 3.63) is 60.3 Å². The van der Waals surface area contributed by atoms with Crippen LogP contribution in [0.3, 0.4) is 0 Å². The standard InChI is InChI=1S/C30H39N5O4S/c1-21(2)30(14-15-30)16-18-39-26-13-17-35(32-26)25-12-11-24(27(31-25)34-20-22(3)19-29(34,4)5)28(36)33-40(37,38)23-9-7-6-8-10-23/h6-13,17,21-22H,14-16,18-20H2,1-5H3,(H,33,36)/t22-/m0/s1. The van der Waals surface area contributed by atoms with Crippen molar-refractivity contribution in [2.24, 2.45) is 17.3 Å². The molecule has 1 saturated heterocycles. The molecule has 3 aromatic rings. The summed E-state index contributed by atoms with van der Waals surface area (Å²) in [7, 11) is -4.05. The molecule has 3 heterocycles. The first-order chi connectivity index (χ1) is 18.9. The second kappa shape index (κ2) is 10.5. The van der Waals surface area contributed by atoms with Gasteiger partial charge < -0.3 is 9.64 Å². The lowest BCUT2D eigenvalue weighted by molar-refractivity contribution is 0.0981. The van der Waals surface area contributed by atoms with Gasteiger partial charge in [0.2, 0.25) is 5.88 Å². The summed E-state index contributed by atoms with van der Waals surface area (Å²) in [6.45, 7) is 12.2. The van der Waals surface area contributed by atoms with E-state index in [9.17, 15) is 13.2 Å². The van der Waals surface area contributed by atoms with Crippen molar-refractivity contribution >= 4 is 21.7 Å². The molecule has 9 nitrogen and oxygen atoms in total. The maximum absolute atomic E-state index is 13.4. The van der Waals surface area contributed by atoms with Gasteiger partial charge in [0.15, 0.2) is 5.82 Å². The van der Waals surface area contributed by atoms with Gasteiger partial charge in [-0.25, -0.2) is 22.8 Å². The van der Waals surface area contributed by atoms with Crippen molar-refractivity contribution in [3.8, 4) is 11.7 Å². The summed E-state index contributed by atoms with van der Waals surface area (Å²) in [5, 5.41) is 4.57. The number of aromatic nitrogens is 3. The summed E-state index contributed by atoms with van der Waals surface area (Å²) < 4.78 is 35.7. The quantitative estimate of drug-likeness (QED) is 0.359. The van der Waals surface area contributed by atoms with Crippen LogP contribution in [0.15, 0.2) is 59.6 Å². The minimum atomic E-state index is -4.05. The van der Waals surface area contributed by atoms with Crippen LogP contribution in [0, 0.1) is 17.3 Å². The van der Waals surface area contributed by atoms with Gasteiger partial charge in [-0.15, -0.1) is 5.10 Å². The topological polar surface area (TPSA) is 106 Å². The number of hydrogen-bond donors (Lipinski definition) is 1. The number of amides is 1. The summed E-state index contributed by atoms with van der Waals surface area (Å²) in [5.41, 5.74) is 0.326. The Morgan fingerprint density at radius 3 is 2.48 bits per heavy atom. The smallest absolute Gasteiger partial charge is 0.268 e. The molecule has 0 radical (unpaired) electrons. The second-order valence-corrected chi connectivity index (χ2v) is 13.9. The van der Waals surface area contributed by atoms with E-state index < -0.39 is 15.9 Å². The zero-order valence-electron chi connectivity index (χ0n) is 23.9. The molecule has 0 unspecified atom stereocenters. The number of nitrogens with zero attached hydrogens (tertiary/aromatic N) is 4. The molecular weight excluding hydrogens is 526 g/mol. The number of carbonyl (C=O) groups excluding carboxylic acids is 1. The third-order valence-electron chi connectivity index (χ3n) is 8.48. The molecule has 10 heteroatoms. The van der Waals surface area contributed by atoms with Crippen LogP contribution < -0.4 is 14.4 Å². The Morgan fingerprint density at radius 1 is 1.12 bits per heavy atom. The second-order valence-electron chi connectivity index (χ2n) is 12.2. The number of benzene rings is 1. The molecule has 214 valence electrons. The number of rotatable bonds is 10. The molecule has 40 heavy (non-hydrogen) atoms. The highest BCUT2D eigenvalue weighted by atomic mass is 32.2. The number of pyridine rings is 1. The van der Waals surface area contributed by atoms with Crippen molar-refractivity contribution in [1.29, 1.82) is 0 Å². The van der Waals surface area contributed by atoms with Crippen molar-refractivity contribution in [2.45, 2.75) is 70.7 Å². The number of nitrogens with one attached hydrogen (secondary N) is 1. The Morgan fingerprint density at radius 2 is 1.85 bits per heavy atom. The fourth-order valence-corrected chi connectivity index (χ4v) is 6.88. The highest BCUT2D eigenvalue weighted by molar-refractivity contribution is 7.90. The molecular formula is C30H39N5O4S. The zero-order chi connectivity index (χ0) is 28.7. The first-order valence-corrected chi connectivity index (χ1v) is 15.5. The van der Waals surface area contributed by atoms with E-state index in [2.05, 4.69) is 49.3 Å². The maximum atomic E-state index is 13.4. The molecule has 0 spiro atoms. The van der Waals surface area contributed by atoms with E-state index in [-0.39, 0.29) is 16.0 Å². The van der Waals surface area contributed by atoms with Crippen LogP contribution in [-0.4, -0.2) is 47.8 Å². The van der Waals surface area contributed by atoms with E-state index >= 15 is 0 Å². The first kappa shape index (κ1) is 28.1. The maximum Gasteiger partial charge on any atom is 0.268 e.